The lowest BCUT2D eigenvalue weighted by atomic mass is 10.1. The molecule has 0 amide bonds. The Morgan fingerprint density at radius 2 is 2.11 bits per heavy atom. The second-order valence-corrected chi connectivity index (χ2v) is 4.87. The molecule has 104 valence electrons. The molecule has 4 heteroatoms. The van der Waals surface area contributed by atoms with Gasteiger partial charge in [0, 0.05) is 6.54 Å². The van der Waals surface area contributed by atoms with E-state index in [1.165, 1.54) is 5.57 Å². The summed E-state index contributed by atoms with van der Waals surface area (Å²) in [5.41, 5.74) is 2.40. The molecule has 0 saturated heterocycles. The van der Waals surface area contributed by atoms with E-state index in [9.17, 15) is 0 Å². The molecular formula is C15H20ClNO2. The predicted octanol–water partition coefficient (Wildman–Crippen LogP) is 3.51. The summed E-state index contributed by atoms with van der Waals surface area (Å²) >= 11 is 6.23. The average molecular weight is 282 g/mol. The lowest BCUT2D eigenvalue weighted by molar-refractivity contribution is 0.171. The molecular weight excluding hydrogens is 262 g/mol. The monoisotopic (exact) mass is 281 g/mol. The van der Waals surface area contributed by atoms with Crippen LogP contribution in [0.3, 0.4) is 0 Å². The number of hydrogen-bond donors (Lipinski definition) is 1. The second kappa shape index (κ2) is 6.83. The summed E-state index contributed by atoms with van der Waals surface area (Å²) in [5.74, 6) is 1.40. The van der Waals surface area contributed by atoms with Gasteiger partial charge in [0.15, 0.2) is 11.5 Å². The summed E-state index contributed by atoms with van der Waals surface area (Å²) in [4.78, 5) is 0. The molecule has 2 rings (SSSR count). The fourth-order valence-corrected chi connectivity index (χ4v) is 2.29. The van der Waals surface area contributed by atoms with Gasteiger partial charge in [-0.25, -0.2) is 0 Å². The summed E-state index contributed by atoms with van der Waals surface area (Å²) < 4.78 is 11.1. The number of benzene rings is 1. The topological polar surface area (TPSA) is 30.5 Å². The van der Waals surface area contributed by atoms with Gasteiger partial charge in [-0.15, -0.1) is 0 Å². The summed E-state index contributed by atoms with van der Waals surface area (Å²) in [6.45, 7) is 7.27. The first-order chi connectivity index (χ1) is 9.24. The largest absolute Gasteiger partial charge is 0.486 e. The molecule has 0 fully saturated rings. The summed E-state index contributed by atoms with van der Waals surface area (Å²) in [5, 5.41) is 3.95. The fraction of sp³-hybridized carbons (Fsp3) is 0.467. The molecule has 1 aliphatic rings. The van der Waals surface area contributed by atoms with Crippen molar-refractivity contribution in [2.24, 2.45) is 0 Å². The maximum atomic E-state index is 6.23. The molecule has 0 spiro atoms. The Balaban J connectivity index is 2.24. The van der Waals surface area contributed by atoms with Crippen molar-refractivity contribution >= 4 is 17.7 Å². The minimum absolute atomic E-state index is 0.558. The maximum absolute atomic E-state index is 6.23. The number of likely N-dealkylation sites (N-methyl/N-ethyl adjacent to an activating group) is 1. The van der Waals surface area contributed by atoms with Gasteiger partial charge in [-0.05, 0) is 30.7 Å². The van der Waals surface area contributed by atoms with Crippen LogP contribution in [0.25, 0.3) is 6.08 Å². The summed E-state index contributed by atoms with van der Waals surface area (Å²) in [6, 6.07) is 3.92. The van der Waals surface area contributed by atoms with E-state index in [4.69, 9.17) is 21.1 Å². The molecule has 1 N–H and O–H groups in total. The van der Waals surface area contributed by atoms with Crippen molar-refractivity contribution in [3.8, 4) is 11.5 Å². The van der Waals surface area contributed by atoms with E-state index in [1.54, 1.807) is 0 Å². The van der Waals surface area contributed by atoms with Crippen LogP contribution in [0.15, 0.2) is 17.7 Å². The molecule has 0 unspecified atom stereocenters. The Bertz CT molecular complexity index is 471. The minimum Gasteiger partial charge on any atom is -0.486 e. The highest BCUT2D eigenvalue weighted by Crippen LogP contribution is 2.38. The van der Waals surface area contributed by atoms with Crippen molar-refractivity contribution in [1.29, 1.82) is 0 Å². The molecule has 1 aromatic carbocycles. The van der Waals surface area contributed by atoms with Crippen LogP contribution in [0.5, 0.6) is 11.5 Å². The van der Waals surface area contributed by atoms with Gasteiger partial charge in [0.25, 0.3) is 0 Å². The smallest absolute Gasteiger partial charge is 0.179 e. The lowest BCUT2D eigenvalue weighted by Crippen LogP contribution is -2.16. The van der Waals surface area contributed by atoms with Crippen LogP contribution in [0.4, 0.5) is 0 Å². The molecule has 1 heterocycles. The number of nitrogens with one attached hydrogen (secondary N) is 1. The second-order valence-electron chi connectivity index (χ2n) is 4.46. The number of fused-ring (bicyclic) bond motifs is 1. The van der Waals surface area contributed by atoms with E-state index in [0.717, 1.165) is 30.8 Å². The van der Waals surface area contributed by atoms with E-state index in [1.807, 2.05) is 12.1 Å². The van der Waals surface area contributed by atoms with Crippen molar-refractivity contribution in [3.63, 3.8) is 0 Å². The zero-order chi connectivity index (χ0) is 13.7. The highest BCUT2D eigenvalue weighted by molar-refractivity contribution is 6.32. The molecule has 0 aromatic heterocycles. The van der Waals surface area contributed by atoms with Crippen molar-refractivity contribution < 1.29 is 9.47 Å². The first-order valence-electron chi connectivity index (χ1n) is 6.74. The van der Waals surface area contributed by atoms with Gasteiger partial charge in [0.1, 0.15) is 13.2 Å². The number of hydrogen-bond acceptors (Lipinski definition) is 3. The van der Waals surface area contributed by atoms with Crippen LogP contribution in [0.1, 0.15) is 25.8 Å². The zero-order valence-electron chi connectivity index (χ0n) is 11.5. The maximum Gasteiger partial charge on any atom is 0.179 e. The molecule has 0 bridgehead atoms. The lowest BCUT2D eigenvalue weighted by Gasteiger charge is -2.20. The normalized spacial score (nSPS) is 14.6. The highest BCUT2D eigenvalue weighted by atomic mass is 35.5. The third-order valence-electron chi connectivity index (χ3n) is 3.05. The van der Waals surface area contributed by atoms with Gasteiger partial charge in [-0.3, -0.25) is 0 Å². The van der Waals surface area contributed by atoms with Gasteiger partial charge in [-0.1, -0.05) is 37.1 Å². The third-order valence-corrected chi connectivity index (χ3v) is 3.33. The quantitative estimate of drug-likeness (QED) is 0.896. The van der Waals surface area contributed by atoms with Crippen LogP contribution in [-0.4, -0.2) is 26.3 Å². The molecule has 0 atom stereocenters. The Morgan fingerprint density at radius 3 is 2.84 bits per heavy atom. The Labute approximate surface area is 119 Å². The number of ether oxygens (including phenoxy) is 2. The number of halogens is 1. The Morgan fingerprint density at radius 1 is 1.32 bits per heavy atom. The van der Waals surface area contributed by atoms with Gasteiger partial charge < -0.3 is 14.8 Å². The minimum atomic E-state index is 0.558. The van der Waals surface area contributed by atoms with Crippen LogP contribution >= 0.6 is 11.6 Å². The highest BCUT2D eigenvalue weighted by Gasteiger charge is 2.16. The van der Waals surface area contributed by atoms with Crippen molar-refractivity contribution in [2.75, 3.05) is 26.3 Å². The molecule has 0 radical (unpaired) electrons. The molecule has 19 heavy (non-hydrogen) atoms. The van der Waals surface area contributed by atoms with Crippen LogP contribution in [0, 0.1) is 0 Å². The standard InChI is InChI=1S/C15H20ClNO2/c1-3-11(10-17-4-2)7-12-8-13(16)15-14(9-12)18-5-6-19-15/h7-9,17H,3-6,10H2,1-2H3. The fourth-order valence-electron chi connectivity index (χ4n) is 2.01. The predicted molar refractivity (Wildman–Crippen MR) is 79.3 cm³/mol. The first kappa shape index (κ1) is 14.2. The van der Waals surface area contributed by atoms with E-state index in [2.05, 4.69) is 25.2 Å². The van der Waals surface area contributed by atoms with Crippen molar-refractivity contribution in [3.05, 3.63) is 28.3 Å². The average Bonchev–Trinajstić information content (AvgIpc) is 2.43. The van der Waals surface area contributed by atoms with Crippen LogP contribution < -0.4 is 14.8 Å². The first-order valence-corrected chi connectivity index (χ1v) is 7.11. The van der Waals surface area contributed by atoms with Crippen molar-refractivity contribution in [1.82, 2.24) is 5.32 Å². The number of rotatable bonds is 5. The molecule has 0 aliphatic carbocycles. The SMILES string of the molecule is CCNCC(=Cc1cc(Cl)c2c(c1)OCCO2)CC. The van der Waals surface area contributed by atoms with Gasteiger partial charge in [-0.2, -0.15) is 0 Å². The molecule has 0 saturated carbocycles. The molecule has 3 nitrogen and oxygen atoms in total. The van der Waals surface area contributed by atoms with Gasteiger partial charge >= 0.3 is 0 Å². The van der Waals surface area contributed by atoms with Crippen LogP contribution in [0.2, 0.25) is 5.02 Å². The third kappa shape index (κ3) is 3.64. The van der Waals surface area contributed by atoms with Gasteiger partial charge in [0.2, 0.25) is 0 Å². The summed E-state index contributed by atoms with van der Waals surface area (Å²) in [7, 11) is 0. The summed E-state index contributed by atoms with van der Waals surface area (Å²) in [6.07, 6.45) is 3.17. The van der Waals surface area contributed by atoms with E-state index >= 15 is 0 Å². The molecule has 1 aliphatic heterocycles. The molecule has 1 aromatic rings. The van der Waals surface area contributed by atoms with E-state index < -0.39 is 0 Å². The Hall–Kier alpha value is -1.19. The van der Waals surface area contributed by atoms with Gasteiger partial charge in [0.05, 0.1) is 5.02 Å². The van der Waals surface area contributed by atoms with E-state index in [-0.39, 0.29) is 0 Å². The van der Waals surface area contributed by atoms with E-state index in [0.29, 0.717) is 24.0 Å². The Kier molecular flexibility index (Phi) is 5.11. The van der Waals surface area contributed by atoms with Crippen molar-refractivity contribution in [2.45, 2.75) is 20.3 Å². The zero-order valence-corrected chi connectivity index (χ0v) is 12.2. The van der Waals surface area contributed by atoms with Crippen LogP contribution in [-0.2, 0) is 0 Å².